The predicted molar refractivity (Wildman–Crippen MR) is 146 cm³/mol. The third-order valence-electron chi connectivity index (χ3n) is 5.86. The van der Waals surface area contributed by atoms with E-state index < -0.39 is 10.0 Å². The zero-order chi connectivity index (χ0) is 27.1. The Morgan fingerprint density at radius 2 is 1.53 bits per heavy atom. The Hall–Kier alpha value is -4.21. The molecule has 196 valence electrons. The van der Waals surface area contributed by atoms with Crippen molar-refractivity contribution in [2.75, 3.05) is 7.11 Å². The Balaban J connectivity index is 1.48. The van der Waals surface area contributed by atoms with E-state index in [4.69, 9.17) is 9.15 Å². The fraction of sp³-hybridized carbons (Fsp3) is 0.172. The Morgan fingerprint density at radius 3 is 2.16 bits per heavy atom. The Kier molecular flexibility index (Phi) is 8.40. The molecule has 0 aliphatic rings. The highest BCUT2D eigenvalue weighted by atomic mass is 32.2. The highest BCUT2D eigenvalue weighted by molar-refractivity contribution is 7.89. The van der Waals surface area contributed by atoms with Crippen molar-refractivity contribution in [2.45, 2.75) is 31.8 Å². The summed E-state index contributed by atoms with van der Waals surface area (Å²) in [6.45, 7) is 4.09. The lowest BCUT2D eigenvalue weighted by atomic mass is 10.1. The largest absolute Gasteiger partial charge is 0.497 e. The summed E-state index contributed by atoms with van der Waals surface area (Å²) < 4.78 is 39.4. The van der Waals surface area contributed by atoms with Gasteiger partial charge in [-0.25, -0.2) is 13.8 Å². The monoisotopic (exact) mass is 531 g/mol. The van der Waals surface area contributed by atoms with Crippen LogP contribution in [0.1, 0.15) is 38.6 Å². The van der Waals surface area contributed by atoms with Crippen LogP contribution in [0.2, 0.25) is 0 Å². The molecule has 4 rings (SSSR count). The van der Waals surface area contributed by atoms with E-state index in [9.17, 15) is 13.2 Å². The van der Waals surface area contributed by atoms with Crippen molar-refractivity contribution in [3.8, 4) is 5.75 Å². The zero-order valence-corrected chi connectivity index (χ0v) is 22.2. The molecule has 0 bridgehead atoms. The average Bonchev–Trinajstić information content (AvgIpc) is 3.37. The van der Waals surface area contributed by atoms with E-state index in [1.54, 1.807) is 67.8 Å². The predicted octanol–water partition coefficient (Wildman–Crippen LogP) is 5.06. The molecule has 0 saturated carbocycles. The van der Waals surface area contributed by atoms with Gasteiger partial charge in [-0.2, -0.15) is 9.41 Å². The van der Waals surface area contributed by atoms with Crippen LogP contribution in [-0.2, 0) is 23.1 Å². The van der Waals surface area contributed by atoms with E-state index in [0.717, 1.165) is 16.7 Å². The highest BCUT2D eigenvalue weighted by Crippen LogP contribution is 2.23. The Bertz CT molecular complexity index is 1510. The molecule has 4 aromatic rings. The summed E-state index contributed by atoms with van der Waals surface area (Å²) in [6, 6.07) is 24.5. The molecule has 0 unspecified atom stereocenters. The van der Waals surface area contributed by atoms with Crippen LogP contribution in [0.4, 0.5) is 0 Å². The number of rotatable bonds is 10. The number of methoxy groups -OCH3 is 1. The number of ether oxygens (including phenoxy) is 1. The van der Waals surface area contributed by atoms with Crippen molar-refractivity contribution in [1.82, 2.24) is 9.73 Å². The molecule has 0 aliphatic heterocycles. The highest BCUT2D eigenvalue weighted by Gasteiger charge is 2.26. The number of nitrogens with one attached hydrogen (secondary N) is 1. The van der Waals surface area contributed by atoms with Crippen molar-refractivity contribution < 1.29 is 22.4 Å². The van der Waals surface area contributed by atoms with E-state index in [0.29, 0.717) is 22.8 Å². The van der Waals surface area contributed by atoms with Crippen LogP contribution in [0.15, 0.2) is 99.3 Å². The van der Waals surface area contributed by atoms with E-state index >= 15 is 0 Å². The van der Waals surface area contributed by atoms with E-state index in [1.165, 1.54) is 10.5 Å². The number of nitrogens with zero attached hydrogens (tertiary/aromatic N) is 2. The molecule has 0 aliphatic carbocycles. The maximum Gasteiger partial charge on any atom is 0.271 e. The standard InChI is InChI=1S/C29H29N3O5S/c1-21-4-8-23(9-5-21)19-32(38(34,35)28-16-6-22(2)7-17-28)20-27-15-14-26(37-27)18-30-31-29(33)24-10-12-25(36-3)13-11-24/h4-18H,19-20H2,1-3H3,(H,31,33)/b30-18-. The number of hydrazone groups is 1. The van der Waals surface area contributed by atoms with Gasteiger partial charge in [-0.15, -0.1) is 0 Å². The first-order valence-corrected chi connectivity index (χ1v) is 13.4. The minimum Gasteiger partial charge on any atom is -0.497 e. The number of carbonyl (C=O) groups is 1. The number of sulfonamides is 1. The maximum absolute atomic E-state index is 13.6. The fourth-order valence-electron chi connectivity index (χ4n) is 3.67. The van der Waals surface area contributed by atoms with Gasteiger partial charge in [0.1, 0.15) is 17.3 Å². The van der Waals surface area contributed by atoms with Gasteiger partial charge < -0.3 is 9.15 Å². The molecule has 0 spiro atoms. The normalized spacial score (nSPS) is 11.7. The summed E-state index contributed by atoms with van der Waals surface area (Å²) in [5.41, 5.74) is 5.80. The van der Waals surface area contributed by atoms with Gasteiger partial charge in [-0.1, -0.05) is 47.5 Å². The lowest BCUT2D eigenvalue weighted by molar-refractivity contribution is 0.0955. The van der Waals surface area contributed by atoms with Crippen molar-refractivity contribution >= 4 is 22.1 Å². The van der Waals surface area contributed by atoms with Gasteiger partial charge in [0.15, 0.2) is 0 Å². The zero-order valence-electron chi connectivity index (χ0n) is 21.4. The van der Waals surface area contributed by atoms with Gasteiger partial charge in [-0.3, -0.25) is 4.79 Å². The molecule has 0 saturated heterocycles. The minimum absolute atomic E-state index is 0.0239. The van der Waals surface area contributed by atoms with Crippen LogP contribution >= 0.6 is 0 Å². The molecule has 0 atom stereocenters. The number of hydrogen-bond donors (Lipinski definition) is 1. The first-order chi connectivity index (χ1) is 18.2. The summed E-state index contributed by atoms with van der Waals surface area (Å²) >= 11 is 0. The quantitative estimate of drug-likeness (QED) is 0.228. The molecule has 1 heterocycles. The SMILES string of the molecule is COc1ccc(C(=O)N/N=C\c2ccc(CN(Cc3ccc(C)cc3)S(=O)(=O)c3ccc(C)cc3)o2)cc1. The van der Waals surface area contributed by atoms with Crippen LogP contribution < -0.4 is 10.2 Å². The summed E-state index contributed by atoms with van der Waals surface area (Å²) in [5.74, 6) is 1.08. The molecular weight excluding hydrogens is 502 g/mol. The molecule has 0 radical (unpaired) electrons. The molecule has 9 heteroatoms. The van der Waals surface area contributed by atoms with Crippen molar-refractivity contribution in [3.05, 3.63) is 119 Å². The molecule has 3 aromatic carbocycles. The lowest BCUT2D eigenvalue weighted by Gasteiger charge is -2.21. The first-order valence-electron chi connectivity index (χ1n) is 11.9. The van der Waals surface area contributed by atoms with Crippen LogP contribution in [0.5, 0.6) is 5.75 Å². The molecule has 8 nitrogen and oxygen atoms in total. The number of hydrogen-bond acceptors (Lipinski definition) is 6. The topological polar surface area (TPSA) is 101 Å². The van der Waals surface area contributed by atoms with Gasteiger partial charge in [0, 0.05) is 12.1 Å². The van der Waals surface area contributed by atoms with E-state index in [2.05, 4.69) is 10.5 Å². The molecule has 1 amide bonds. The van der Waals surface area contributed by atoms with Gasteiger partial charge in [0.2, 0.25) is 10.0 Å². The Morgan fingerprint density at radius 1 is 0.895 bits per heavy atom. The minimum atomic E-state index is -3.81. The third-order valence-corrected chi connectivity index (χ3v) is 7.67. The van der Waals surface area contributed by atoms with E-state index in [-0.39, 0.29) is 23.9 Å². The second-order valence-electron chi connectivity index (χ2n) is 8.80. The van der Waals surface area contributed by atoms with Crippen molar-refractivity contribution in [3.63, 3.8) is 0 Å². The number of aryl methyl sites for hydroxylation is 2. The number of carbonyl (C=O) groups excluding carboxylic acids is 1. The van der Waals surface area contributed by atoms with Crippen LogP contribution in [0.3, 0.4) is 0 Å². The summed E-state index contributed by atoms with van der Waals surface area (Å²) in [4.78, 5) is 12.5. The summed E-state index contributed by atoms with van der Waals surface area (Å²) in [6.07, 6.45) is 1.36. The average molecular weight is 532 g/mol. The van der Waals surface area contributed by atoms with Gasteiger partial charge in [0.05, 0.1) is 24.8 Å². The number of benzene rings is 3. The fourth-order valence-corrected chi connectivity index (χ4v) is 5.06. The van der Waals surface area contributed by atoms with Crippen molar-refractivity contribution in [2.24, 2.45) is 5.10 Å². The van der Waals surface area contributed by atoms with Crippen LogP contribution in [0, 0.1) is 13.8 Å². The van der Waals surface area contributed by atoms with E-state index in [1.807, 2.05) is 38.1 Å². The third kappa shape index (κ3) is 6.76. The second kappa shape index (κ2) is 11.9. The Labute approximate surface area is 222 Å². The molecule has 0 fully saturated rings. The van der Waals surface area contributed by atoms with Crippen LogP contribution in [-0.4, -0.2) is 32.0 Å². The lowest BCUT2D eigenvalue weighted by Crippen LogP contribution is -2.30. The molecule has 1 N–H and O–H groups in total. The first kappa shape index (κ1) is 26.8. The molecule has 1 aromatic heterocycles. The van der Waals surface area contributed by atoms with Crippen LogP contribution in [0.25, 0.3) is 0 Å². The number of amides is 1. The van der Waals surface area contributed by atoms with Crippen molar-refractivity contribution in [1.29, 1.82) is 0 Å². The molecular formula is C29H29N3O5S. The second-order valence-corrected chi connectivity index (χ2v) is 10.7. The smallest absolute Gasteiger partial charge is 0.271 e. The van der Waals surface area contributed by atoms with Gasteiger partial charge >= 0.3 is 0 Å². The molecule has 38 heavy (non-hydrogen) atoms. The van der Waals surface area contributed by atoms with Gasteiger partial charge in [-0.05, 0) is 67.9 Å². The maximum atomic E-state index is 13.6. The van der Waals surface area contributed by atoms with Gasteiger partial charge in [0.25, 0.3) is 5.91 Å². The summed E-state index contributed by atoms with van der Waals surface area (Å²) in [5, 5.41) is 3.95. The summed E-state index contributed by atoms with van der Waals surface area (Å²) in [7, 11) is -2.25. The number of furan rings is 1.